The molecule has 1 atom stereocenters. The number of alkyl halides is 4. The number of hydrogen-bond donors (Lipinski definition) is 1. The second kappa shape index (κ2) is 7.85. The summed E-state index contributed by atoms with van der Waals surface area (Å²) in [6.07, 6.45) is 0.441. The maximum absolute atomic E-state index is 11.7. The smallest absolute Gasteiger partial charge is 0.330 e. The molecular weight excluding hydrogens is 406 g/mol. The van der Waals surface area contributed by atoms with Crippen LogP contribution >= 0.6 is 46.4 Å². The first kappa shape index (κ1) is 21.5. The van der Waals surface area contributed by atoms with E-state index in [1.807, 2.05) is 0 Å². The predicted molar refractivity (Wildman–Crippen MR) is 81.4 cm³/mol. The fraction of sp³-hybridized carbons (Fsp3) is 0.400. The lowest BCUT2D eigenvalue weighted by Gasteiger charge is -2.20. The summed E-state index contributed by atoms with van der Waals surface area (Å²) in [5.41, 5.74) is 0. The highest BCUT2D eigenvalue weighted by Gasteiger charge is 2.40. The highest BCUT2D eigenvalue weighted by atomic mass is 35.5. The quantitative estimate of drug-likeness (QED) is 0.280. The first-order valence-electron chi connectivity index (χ1n) is 5.18. The van der Waals surface area contributed by atoms with Gasteiger partial charge in [0.25, 0.3) is 19.2 Å². The Kier molecular flexibility index (Phi) is 7.67. The Labute approximate surface area is 146 Å². The SMILES string of the molecule is C=CC(Cl)(Cl)OC(=O)CC(C(=O)OC(Cl)(Cl)C=C)S(=O)(=O)O. The monoisotopic (exact) mass is 414 g/mol. The summed E-state index contributed by atoms with van der Waals surface area (Å²) < 4.78 is 35.7. The van der Waals surface area contributed by atoms with Crippen LogP contribution in [-0.2, 0) is 29.2 Å². The lowest BCUT2D eigenvalue weighted by molar-refractivity contribution is -0.152. The summed E-state index contributed by atoms with van der Waals surface area (Å²) in [6, 6.07) is 0. The molecule has 0 fully saturated rings. The molecule has 0 bridgehead atoms. The highest BCUT2D eigenvalue weighted by molar-refractivity contribution is 7.87. The predicted octanol–water partition coefficient (Wildman–Crippen LogP) is 2.35. The second-order valence-electron chi connectivity index (χ2n) is 3.63. The fourth-order valence-corrected chi connectivity index (χ4v) is 1.90. The van der Waals surface area contributed by atoms with Gasteiger partial charge in [0.05, 0.1) is 6.42 Å². The average molecular weight is 416 g/mol. The van der Waals surface area contributed by atoms with Crippen molar-refractivity contribution in [3.05, 3.63) is 25.3 Å². The Bertz CT molecular complexity index is 570. The van der Waals surface area contributed by atoms with E-state index in [4.69, 9.17) is 51.0 Å². The van der Waals surface area contributed by atoms with Gasteiger partial charge in [-0.15, -0.1) is 0 Å². The molecule has 0 radical (unpaired) electrons. The van der Waals surface area contributed by atoms with Crippen LogP contribution in [0.15, 0.2) is 25.3 Å². The third-order valence-corrected chi connectivity index (χ3v) is 3.94. The van der Waals surface area contributed by atoms with Gasteiger partial charge in [-0.05, 0) is 12.2 Å². The fourth-order valence-electron chi connectivity index (χ4n) is 0.938. The molecule has 0 rings (SSSR count). The van der Waals surface area contributed by atoms with Crippen molar-refractivity contribution < 1.29 is 32.0 Å². The van der Waals surface area contributed by atoms with Crippen LogP contribution < -0.4 is 0 Å². The van der Waals surface area contributed by atoms with Crippen LogP contribution in [0.3, 0.4) is 0 Å². The molecule has 126 valence electrons. The molecule has 7 nitrogen and oxygen atoms in total. The van der Waals surface area contributed by atoms with E-state index in [0.29, 0.717) is 0 Å². The Morgan fingerprint density at radius 1 is 1.09 bits per heavy atom. The molecule has 12 heteroatoms. The largest absolute Gasteiger partial charge is 0.425 e. The minimum absolute atomic E-state index is 0.771. The molecule has 0 aliphatic carbocycles. The molecule has 0 saturated heterocycles. The number of rotatable bonds is 8. The van der Waals surface area contributed by atoms with Crippen molar-refractivity contribution in [2.24, 2.45) is 0 Å². The Hall–Kier alpha value is -0.510. The Morgan fingerprint density at radius 2 is 1.50 bits per heavy atom. The molecule has 0 aromatic rings. The molecule has 0 spiro atoms. The standard InChI is InChI=1S/C10H10Cl4O7S/c1-3-9(11,12)20-7(15)5-6(22(17,18)19)8(16)21-10(13,14)4-2/h3-4,6H,1-2,5H2,(H,17,18,19). The molecule has 0 aromatic heterocycles. The zero-order valence-corrected chi connectivity index (χ0v) is 14.5. The molecule has 1 N–H and O–H groups in total. The van der Waals surface area contributed by atoms with Gasteiger partial charge in [0.1, 0.15) is 0 Å². The zero-order chi connectivity index (χ0) is 17.8. The summed E-state index contributed by atoms with van der Waals surface area (Å²) in [7, 11) is -5.04. The molecule has 0 aliphatic rings. The van der Waals surface area contributed by atoms with Crippen molar-refractivity contribution in [3.63, 3.8) is 0 Å². The van der Waals surface area contributed by atoms with E-state index in [1.54, 1.807) is 0 Å². The van der Waals surface area contributed by atoms with E-state index < -0.39 is 42.8 Å². The van der Waals surface area contributed by atoms with E-state index in [9.17, 15) is 18.0 Å². The number of esters is 2. The van der Waals surface area contributed by atoms with Crippen molar-refractivity contribution in [2.45, 2.75) is 20.7 Å². The summed E-state index contributed by atoms with van der Waals surface area (Å²) in [4.78, 5) is 23.2. The first-order chi connectivity index (χ1) is 9.74. The van der Waals surface area contributed by atoms with Gasteiger partial charge in [-0.3, -0.25) is 14.1 Å². The highest BCUT2D eigenvalue weighted by Crippen LogP contribution is 2.27. The normalized spacial score (nSPS) is 13.9. The van der Waals surface area contributed by atoms with Gasteiger partial charge in [0.15, 0.2) is 5.25 Å². The topological polar surface area (TPSA) is 107 Å². The molecule has 0 aliphatic heterocycles. The molecule has 0 saturated carbocycles. The van der Waals surface area contributed by atoms with Crippen LogP contribution in [0.5, 0.6) is 0 Å². The van der Waals surface area contributed by atoms with Crippen molar-refractivity contribution in [1.82, 2.24) is 0 Å². The Morgan fingerprint density at radius 3 is 1.86 bits per heavy atom. The van der Waals surface area contributed by atoms with Crippen LogP contribution in [0.25, 0.3) is 0 Å². The van der Waals surface area contributed by atoms with Gasteiger partial charge in [-0.25, -0.2) is 0 Å². The van der Waals surface area contributed by atoms with Crippen molar-refractivity contribution >= 4 is 68.5 Å². The van der Waals surface area contributed by atoms with Crippen molar-refractivity contribution in [3.8, 4) is 0 Å². The summed E-state index contributed by atoms with van der Waals surface area (Å²) in [6.45, 7) is 6.30. The first-order valence-corrected chi connectivity index (χ1v) is 8.19. The molecule has 1 unspecified atom stereocenters. The van der Waals surface area contributed by atoms with Crippen LogP contribution in [0.1, 0.15) is 6.42 Å². The summed E-state index contributed by atoms with van der Waals surface area (Å²) in [5, 5.41) is -2.36. The van der Waals surface area contributed by atoms with Gasteiger partial charge < -0.3 is 9.47 Å². The second-order valence-corrected chi connectivity index (χ2v) is 7.87. The van der Waals surface area contributed by atoms with E-state index in [0.717, 1.165) is 12.2 Å². The van der Waals surface area contributed by atoms with Gasteiger partial charge >= 0.3 is 11.9 Å². The minimum atomic E-state index is -5.04. The number of hydrogen-bond acceptors (Lipinski definition) is 6. The van der Waals surface area contributed by atoms with Crippen molar-refractivity contribution in [2.75, 3.05) is 0 Å². The minimum Gasteiger partial charge on any atom is -0.425 e. The number of carbonyl (C=O) groups excluding carboxylic acids is 2. The number of ether oxygens (including phenoxy) is 2. The molecule has 0 heterocycles. The van der Waals surface area contributed by atoms with E-state index in [1.165, 1.54) is 0 Å². The maximum Gasteiger partial charge on any atom is 0.330 e. The molecule has 0 amide bonds. The third kappa shape index (κ3) is 7.66. The van der Waals surface area contributed by atoms with Crippen LogP contribution in [0, 0.1) is 0 Å². The lowest BCUT2D eigenvalue weighted by atomic mass is 10.3. The number of halogens is 4. The van der Waals surface area contributed by atoms with E-state index in [-0.39, 0.29) is 0 Å². The van der Waals surface area contributed by atoms with Gasteiger partial charge in [-0.2, -0.15) is 8.42 Å². The van der Waals surface area contributed by atoms with Crippen molar-refractivity contribution in [1.29, 1.82) is 0 Å². The van der Waals surface area contributed by atoms with E-state index in [2.05, 4.69) is 22.6 Å². The van der Waals surface area contributed by atoms with Crippen LogP contribution in [0.4, 0.5) is 0 Å². The van der Waals surface area contributed by atoms with Crippen LogP contribution in [0.2, 0.25) is 0 Å². The van der Waals surface area contributed by atoms with Crippen LogP contribution in [-0.4, -0.2) is 39.2 Å². The molecule has 22 heavy (non-hydrogen) atoms. The molecule has 0 aromatic carbocycles. The summed E-state index contributed by atoms with van der Waals surface area (Å²) in [5.74, 6) is -2.95. The van der Waals surface area contributed by atoms with Gasteiger partial charge in [0.2, 0.25) is 0 Å². The Balaban J connectivity index is 5.19. The zero-order valence-electron chi connectivity index (χ0n) is 10.7. The lowest BCUT2D eigenvalue weighted by Crippen LogP contribution is -2.38. The maximum atomic E-state index is 11.7. The van der Waals surface area contributed by atoms with Gasteiger partial charge in [-0.1, -0.05) is 59.6 Å². The van der Waals surface area contributed by atoms with E-state index >= 15 is 0 Å². The number of carbonyl (C=O) groups is 2. The molecular formula is C10H10Cl4O7S. The summed E-state index contributed by atoms with van der Waals surface area (Å²) >= 11 is 21.7. The third-order valence-electron chi connectivity index (χ3n) is 1.94. The van der Waals surface area contributed by atoms with Gasteiger partial charge in [0, 0.05) is 0 Å². The average Bonchev–Trinajstić information content (AvgIpc) is 2.33.